The molecular weight excluding hydrogens is 407 g/mol. The second kappa shape index (κ2) is 8.86. The van der Waals surface area contributed by atoms with Crippen LogP contribution in [0.15, 0.2) is 42.9 Å². The highest BCUT2D eigenvalue weighted by molar-refractivity contribution is 5.96. The second-order valence-electron chi connectivity index (χ2n) is 9.02. The molecule has 1 aliphatic carbocycles. The van der Waals surface area contributed by atoms with Crippen molar-refractivity contribution in [1.29, 1.82) is 0 Å². The van der Waals surface area contributed by atoms with E-state index >= 15 is 0 Å². The molecule has 2 aliphatic rings. The predicted molar refractivity (Wildman–Crippen MR) is 119 cm³/mol. The highest BCUT2D eigenvalue weighted by Crippen LogP contribution is 2.31. The molecular formula is C24H29FN6O. The van der Waals surface area contributed by atoms with Crippen molar-refractivity contribution in [3.63, 3.8) is 0 Å². The zero-order valence-corrected chi connectivity index (χ0v) is 18.4. The van der Waals surface area contributed by atoms with Crippen LogP contribution in [0, 0.1) is 5.82 Å². The Morgan fingerprint density at radius 2 is 2.00 bits per heavy atom. The van der Waals surface area contributed by atoms with Gasteiger partial charge in [-0.2, -0.15) is 10.2 Å². The van der Waals surface area contributed by atoms with Gasteiger partial charge in [0.2, 0.25) is 5.91 Å². The van der Waals surface area contributed by atoms with E-state index in [1.807, 2.05) is 19.4 Å². The van der Waals surface area contributed by atoms with Crippen molar-refractivity contribution >= 4 is 11.6 Å². The Morgan fingerprint density at radius 1 is 1.19 bits per heavy atom. The van der Waals surface area contributed by atoms with Crippen molar-refractivity contribution in [2.45, 2.75) is 57.2 Å². The van der Waals surface area contributed by atoms with Crippen molar-refractivity contribution in [2.24, 2.45) is 7.05 Å². The fourth-order valence-electron chi connectivity index (χ4n) is 4.99. The number of anilines is 1. The Hall–Kier alpha value is -3.00. The van der Waals surface area contributed by atoms with Gasteiger partial charge in [0.1, 0.15) is 5.82 Å². The predicted octanol–water partition coefficient (Wildman–Crippen LogP) is 4.00. The third kappa shape index (κ3) is 4.32. The van der Waals surface area contributed by atoms with Gasteiger partial charge in [0.05, 0.1) is 29.5 Å². The van der Waals surface area contributed by atoms with E-state index in [1.165, 1.54) is 38.2 Å². The number of carbonyl (C=O) groups excluding carboxylic acids is 1. The van der Waals surface area contributed by atoms with E-state index in [0.717, 1.165) is 23.4 Å². The summed E-state index contributed by atoms with van der Waals surface area (Å²) < 4.78 is 18.0. The summed E-state index contributed by atoms with van der Waals surface area (Å²) in [5, 5.41) is 11.9. The summed E-state index contributed by atoms with van der Waals surface area (Å²) in [5.41, 5.74) is 3.15. The maximum Gasteiger partial charge on any atom is 0.234 e. The van der Waals surface area contributed by atoms with Gasteiger partial charge in [0.15, 0.2) is 0 Å². The lowest BCUT2D eigenvalue weighted by molar-refractivity contribution is -0.118. The van der Waals surface area contributed by atoms with Gasteiger partial charge >= 0.3 is 0 Å². The number of carbonyl (C=O) groups is 1. The molecule has 0 unspecified atom stereocenters. The molecule has 1 aliphatic heterocycles. The van der Waals surface area contributed by atoms with Crippen LogP contribution in [0.25, 0.3) is 0 Å². The van der Waals surface area contributed by atoms with Crippen LogP contribution in [-0.4, -0.2) is 36.9 Å². The molecule has 1 aromatic carbocycles. The minimum Gasteiger partial charge on any atom is -0.323 e. The molecule has 1 amide bonds. The lowest BCUT2D eigenvalue weighted by Crippen LogP contribution is -2.38. The van der Waals surface area contributed by atoms with Crippen molar-refractivity contribution in [1.82, 2.24) is 24.5 Å². The van der Waals surface area contributed by atoms with Gasteiger partial charge in [-0.1, -0.05) is 31.4 Å². The molecule has 7 nitrogen and oxygen atoms in total. The summed E-state index contributed by atoms with van der Waals surface area (Å²) in [7, 11) is 1.86. The minimum absolute atomic E-state index is 0.195. The Morgan fingerprint density at radius 3 is 2.81 bits per heavy atom. The van der Waals surface area contributed by atoms with Gasteiger partial charge in [0, 0.05) is 50.2 Å². The standard InChI is InChI=1S/C24H29FN6O/c1-29-14-18-15-30(12-17-11-26-31(13-17)19-7-3-2-4-8-19)16-20(23(18)28-29)24(32)27-22-10-6-5-9-21(22)25/h5-6,9-11,13-14,19-20H,2-4,7-8,12,15-16H2,1H3,(H,27,32)/t20-/m0/s1. The first kappa shape index (κ1) is 20.9. The normalized spacial score (nSPS) is 19.6. The average molecular weight is 437 g/mol. The van der Waals surface area contributed by atoms with Crippen LogP contribution in [0.1, 0.15) is 60.9 Å². The van der Waals surface area contributed by atoms with E-state index in [9.17, 15) is 9.18 Å². The Bertz CT molecular complexity index is 1100. The van der Waals surface area contributed by atoms with Gasteiger partial charge in [-0.05, 0) is 25.0 Å². The van der Waals surface area contributed by atoms with Crippen LogP contribution in [0.2, 0.25) is 0 Å². The molecule has 0 bridgehead atoms. The quantitative estimate of drug-likeness (QED) is 0.657. The number of benzene rings is 1. The van der Waals surface area contributed by atoms with E-state index < -0.39 is 11.7 Å². The van der Waals surface area contributed by atoms with Crippen molar-refractivity contribution in [2.75, 3.05) is 11.9 Å². The van der Waals surface area contributed by atoms with Crippen molar-refractivity contribution in [3.05, 3.63) is 65.5 Å². The van der Waals surface area contributed by atoms with Gasteiger partial charge < -0.3 is 5.32 Å². The molecule has 5 rings (SSSR count). The maximum atomic E-state index is 14.1. The molecule has 1 atom stereocenters. The van der Waals surface area contributed by atoms with Gasteiger partial charge in [-0.15, -0.1) is 0 Å². The topological polar surface area (TPSA) is 68.0 Å². The fraction of sp³-hybridized carbons (Fsp3) is 0.458. The smallest absolute Gasteiger partial charge is 0.234 e. The molecule has 32 heavy (non-hydrogen) atoms. The number of rotatable bonds is 5. The number of fused-ring (bicyclic) bond motifs is 1. The Balaban J connectivity index is 1.32. The number of aryl methyl sites for hydroxylation is 1. The van der Waals surface area contributed by atoms with E-state index in [0.29, 0.717) is 19.1 Å². The molecule has 1 saturated carbocycles. The number of nitrogens with zero attached hydrogens (tertiary/aromatic N) is 5. The lowest BCUT2D eigenvalue weighted by Gasteiger charge is -2.31. The number of halogens is 1. The second-order valence-corrected chi connectivity index (χ2v) is 9.02. The number of nitrogens with one attached hydrogen (secondary N) is 1. The maximum absolute atomic E-state index is 14.1. The summed E-state index contributed by atoms with van der Waals surface area (Å²) in [5.74, 6) is -1.14. The van der Waals surface area contributed by atoms with E-state index in [-0.39, 0.29) is 11.6 Å². The van der Waals surface area contributed by atoms with Crippen LogP contribution < -0.4 is 5.32 Å². The summed E-state index contributed by atoms with van der Waals surface area (Å²) >= 11 is 0. The molecule has 3 aromatic rings. The molecule has 0 saturated heterocycles. The fourth-order valence-corrected chi connectivity index (χ4v) is 4.99. The first-order chi connectivity index (χ1) is 15.6. The summed E-state index contributed by atoms with van der Waals surface area (Å²) in [4.78, 5) is 15.4. The molecule has 1 fully saturated rings. The summed E-state index contributed by atoms with van der Waals surface area (Å²) in [6.07, 6.45) is 12.3. The van der Waals surface area contributed by atoms with E-state index in [1.54, 1.807) is 22.9 Å². The summed E-state index contributed by atoms with van der Waals surface area (Å²) in [6.45, 7) is 1.96. The molecule has 8 heteroatoms. The van der Waals surface area contributed by atoms with Crippen LogP contribution in [0.4, 0.5) is 10.1 Å². The summed E-state index contributed by atoms with van der Waals surface area (Å²) in [6, 6.07) is 6.74. The molecule has 168 valence electrons. The van der Waals surface area contributed by atoms with Gasteiger partial charge in [-0.25, -0.2) is 4.39 Å². The molecule has 0 radical (unpaired) electrons. The van der Waals surface area contributed by atoms with Gasteiger partial charge in [0.25, 0.3) is 0 Å². The van der Waals surface area contributed by atoms with Crippen LogP contribution in [0.5, 0.6) is 0 Å². The zero-order valence-electron chi connectivity index (χ0n) is 18.4. The van der Waals surface area contributed by atoms with E-state index in [2.05, 4.69) is 31.3 Å². The third-order valence-corrected chi connectivity index (χ3v) is 6.56. The van der Waals surface area contributed by atoms with Crippen LogP contribution in [0.3, 0.4) is 0 Å². The lowest BCUT2D eigenvalue weighted by atomic mass is 9.95. The Kier molecular flexibility index (Phi) is 5.78. The minimum atomic E-state index is -0.465. The number of para-hydroxylation sites is 1. The van der Waals surface area contributed by atoms with Crippen molar-refractivity contribution < 1.29 is 9.18 Å². The number of amides is 1. The first-order valence-corrected chi connectivity index (χ1v) is 11.4. The van der Waals surface area contributed by atoms with Crippen LogP contribution in [-0.2, 0) is 24.9 Å². The average Bonchev–Trinajstić information content (AvgIpc) is 3.41. The third-order valence-electron chi connectivity index (χ3n) is 6.56. The molecule has 3 heterocycles. The largest absolute Gasteiger partial charge is 0.323 e. The van der Waals surface area contributed by atoms with E-state index in [4.69, 9.17) is 0 Å². The van der Waals surface area contributed by atoms with Crippen molar-refractivity contribution in [3.8, 4) is 0 Å². The number of hydrogen-bond donors (Lipinski definition) is 1. The molecule has 0 spiro atoms. The first-order valence-electron chi connectivity index (χ1n) is 11.4. The zero-order chi connectivity index (χ0) is 22.1. The SMILES string of the molecule is Cn1cc2c(n1)[C@@H](C(=O)Nc1ccccc1F)CN(Cc1cnn(C3CCCCC3)c1)C2. The highest BCUT2D eigenvalue weighted by atomic mass is 19.1. The van der Waals surface area contributed by atoms with Gasteiger partial charge in [-0.3, -0.25) is 19.1 Å². The number of aromatic nitrogens is 4. The Labute approximate surface area is 187 Å². The monoisotopic (exact) mass is 436 g/mol. The molecule has 1 N–H and O–H groups in total. The van der Waals surface area contributed by atoms with Crippen LogP contribution >= 0.6 is 0 Å². The molecule has 2 aromatic heterocycles. The highest BCUT2D eigenvalue weighted by Gasteiger charge is 2.34. The number of hydrogen-bond acceptors (Lipinski definition) is 4.